The average molecular weight is 299 g/mol. The number of anilines is 1. The number of nitrogens with zero attached hydrogens (tertiary/aromatic N) is 2. The van der Waals surface area contributed by atoms with Crippen LogP contribution in [0.2, 0.25) is 0 Å². The minimum absolute atomic E-state index is 0.205. The molecule has 4 rings (SSSR count). The summed E-state index contributed by atoms with van der Waals surface area (Å²) in [6.45, 7) is 0.209. The van der Waals surface area contributed by atoms with Crippen molar-refractivity contribution < 1.29 is 14.3 Å². The molecule has 3 aromatic rings. The highest BCUT2D eigenvalue weighted by Gasteiger charge is 2.15. The van der Waals surface area contributed by atoms with Gasteiger partial charge in [-0.15, -0.1) is 0 Å². The second-order valence-electron chi connectivity index (χ2n) is 4.49. The molecular weight excluding hydrogens is 290 g/mol. The second kappa shape index (κ2) is 4.71. The molecule has 21 heavy (non-hydrogen) atoms. The van der Waals surface area contributed by atoms with Crippen LogP contribution >= 0.6 is 11.7 Å². The van der Waals surface area contributed by atoms with Gasteiger partial charge in [0.15, 0.2) is 11.5 Å². The minimum Gasteiger partial charge on any atom is -0.454 e. The average Bonchev–Trinajstić information content (AvgIpc) is 3.14. The van der Waals surface area contributed by atoms with Crippen LogP contribution in [0.5, 0.6) is 11.5 Å². The Morgan fingerprint density at radius 1 is 1.05 bits per heavy atom. The monoisotopic (exact) mass is 299 g/mol. The molecule has 6 nitrogen and oxygen atoms in total. The molecule has 1 N–H and O–H groups in total. The number of aromatic nitrogens is 2. The predicted molar refractivity (Wildman–Crippen MR) is 77.9 cm³/mol. The largest absolute Gasteiger partial charge is 0.454 e. The molecule has 2 aromatic carbocycles. The highest BCUT2D eigenvalue weighted by Crippen LogP contribution is 2.34. The van der Waals surface area contributed by atoms with Crippen molar-refractivity contribution >= 4 is 34.4 Å². The first kappa shape index (κ1) is 12.1. The van der Waals surface area contributed by atoms with Crippen molar-refractivity contribution in [3.8, 4) is 11.5 Å². The van der Waals surface area contributed by atoms with E-state index in [1.54, 1.807) is 36.4 Å². The van der Waals surface area contributed by atoms with Gasteiger partial charge in [0.1, 0.15) is 11.0 Å². The number of benzene rings is 2. The van der Waals surface area contributed by atoms with Crippen LogP contribution in [-0.4, -0.2) is 21.4 Å². The van der Waals surface area contributed by atoms with Crippen molar-refractivity contribution in [3.63, 3.8) is 0 Å². The fourth-order valence-corrected chi connectivity index (χ4v) is 2.62. The molecule has 1 aliphatic heterocycles. The molecular formula is C14H9N3O3S. The minimum atomic E-state index is -0.205. The number of fused-ring (bicyclic) bond motifs is 2. The molecule has 0 saturated heterocycles. The van der Waals surface area contributed by atoms with Gasteiger partial charge in [-0.25, -0.2) is 0 Å². The molecule has 0 aliphatic carbocycles. The highest BCUT2D eigenvalue weighted by molar-refractivity contribution is 7.00. The SMILES string of the molecule is O=C(Nc1ccc2c(c1)OCO2)c1ccc2nsnc2c1. The molecule has 0 radical (unpaired) electrons. The van der Waals surface area contributed by atoms with Crippen LogP contribution in [0.1, 0.15) is 10.4 Å². The molecule has 0 unspecified atom stereocenters. The van der Waals surface area contributed by atoms with Crippen molar-refractivity contribution in [2.24, 2.45) is 0 Å². The Morgan fingerprint density at radius 3 is 2.86 bits per heavy atom. The van der Waals surface area contributed by atoms with E-state index in [1.807, 2.05) is 0 Å². The summed E-state index contributed by atoms with van der Waals surface area (Å²) in [5.41, 5.74) is 2.70. The molecule has 1 amide bonds. The lowest BCUT2D eigenvalue weighted by molar-refractivity contribution is 0.102. The van der Waals surface area contributed by atoms with Crippen LogP contribution in [0.25, 0.3) is 11.0 Å². The van der Waals surface area contributed by atoms with Crippen molar-refractivity contribution in [3.05, 3.63) is 42.0 Å². The van der Waals surface area contributed by atoms with Crippen molar-refractivity contribution in [1.82, 2.24) is 8.75 Å². The maximum absolute atomic E-state index is 12.3. The van der Waals surface area contributed by atoms with E-state index in [4.69, 9.17) is 9.47 Å². The van der Waals surface area contributed by atoms with Gasteiger partial charge in [0.05, 0.1) is 11.7 Å². The Labute approximate surface area is 123 Å². The van der Waals surface area contributed by atoms with Gasteiger partial charge in [-0.2, -0.15) is 8.75 Å². The van der Waals surface area contributed by atoms with Gasteiger partial charge in [0, 0.05) is 17.3 Å². The topological polar surface area (TPSA) is 73.3 Å². The van der Waals surface area contributed by atoms with Crippen LogP contribution in [-0.2, 0) is 0 Å². The Bertz CT molecular complexity index is 846. The maximum Gasteiger partial charge on any atom is 0.255 e. The van der Waals surface area contributed by atoms with Crippen LogP contribution in [0, 0.1) is 0 Å². The first-order chi connectivity index (χ1) is 10.3. The van der Waals surface area contributed by atoms with Crippen LogP contribution in [0.4, 0.5) is 5.69 Å². The maximum atomic E-state index is 12.3. The Kier molecular flexibility index (Phi) is 2.71. The zero-order chi connectivity index (χ0) is 14.2. The molecule has 2 heterocycles. The summed E-state index contributed by atoms with van der Waals surface area (Å²) in [5.74, 6) is 1.11. The molecule has 0 saturated carbocycles. The van der Waals surface area contributed by atoms with E-state index in [0.717, 1.165) is 22.8 Å². The van der Waals surface area contributed by atoms with Gasteiger partial charge >= 0.3 is 0 Å². The number of carbonyl (C=O) groups is 1. The quantitative estimate of drug-likeness (QED) is 0.787. The summed E-state index contributed by atoms with van der Waals surface area (Å²) in [7, 11) is 0. The lowest BCUT2D eigenvalue weighted by atomic mass is 10.2. The zero-order valence-corrected chi connectivity index (χ0v) is 11.5. The third-order valence-electron chi connectivity index (χ3n) is 3.15. The number of hydrogen-bond acceptors (Lipinski definition) is 6. The van der Waals surface area contributed by atoms with Gasteiger partial charge in [0.2, 0.25) is 6.79 Å². The first-order valence-electron chi connectivity index (χ1n) is 6.23. The van der Waals surface area contributed by atoms with Crippen molar-refractivity contribution in [1.29, 1.82) is 0 Å². The summed E-state index contributed by atoms with van der Waals surface area (Å²) in [6.07, 6.45) is 0. The summed E-state index contributed by atoms with van der Waals surface area (Å²) >= 11 is 1.13. The van der Waals surface area contributed by atoms with Gasteiger partial charge in [0.25, 0.3) is 5.91 Å². The fraction of sp³-hybridized carbons (Fsp3) is 0.0714. The molecule has 0 fully saturated rings. The van der Waals surface area contributed by atoms with Crippen molar-refractivity contribution in [2.45, 2.75) is 0 Å². The summed E-state index contributed by atoms with van der Waals surface area (Å²) < 4.78 is 18.8. The van der Waals surface area contributed by atoms with Gasteiger partial charge in [-0.1, -0.05) is 0 Å². The molecule has 0 bridgehead atoms. The fourth-order valence-electron chi connectivity index (χ4n) is 2.10. The van der Waals surface area contributed by atoms with Gasteiger partial charge in [-0.05, 0) is 30.3 Å². The lowest BCUT2D eigenvalue weighted by Crippen LogP contribution is -2.11. The molecule has 1 aliphatic rings. The first-order valence-corrected chi connectivity index (χ1v) is 6.96. The number of nitrogens with one attached hydrogen (secondary N) is 1. The van der Waals surface area contributed by atoms with Gasteiger partial charge < -0.3 is 14.8 Å². The number of rotatable bonds is 2. The van der Waals surface area contributed by atoms with E-state index >= 15 is 0 Å². The standard InChI is InChI=1S/C14H9N3O3S/c18-14(8-1-3-10-11(5-8)17-21-16-10)15-9-2-4-12-13(6-9)20-7-19-12/h1-6H,7H2,(H,15,18). The van der Waals surface area contributed by atoms with E-state index in [2.05, 4.69) is 14.1 Å². The Hall–Kier alpha value is -2.67. The summed E-state index contributed by atoms with van der Waals surface area (Å²) in [5, 5.41) is 2.83. The Morgan fingerprint density at radius 2 is 1.90 bits per heavy atom. The summed E-state index contributed by atoms with van der Waals surface area (Å²) in [4.78, 5) is 12.3. The number of ether oxygens (including phenoxy) is 2. The molecule has 0 spiro atoms. The zero-order valence-electron chi connectivity index (χ0n) is 10.7. The van der Waals surface area contributed by atoms with Crippen LogP contribution in [0.3, 0.4) is 0 Å². The van der Waals surface area contributed by atoms with Crippen LogP contribution in [0.15, 0.2) is 36.4 Å². The highest BCUT2D eigenvalue weighted by atomic mass is 32.1. The van der Waals surface area contributed by atoms with E-state index in [9.17, 15) is 4.79 Å². The normalized spacial score (nSPS) is 12.6. The van der Waals surface area contributed by atoms with Crippen molar-refractivity contribution in [2.75, 3.05) is 12.1 Å². The Balaban J connectivity index is 1.60. The summed E-state index contributed by atoms with van der Waals surface area (Å²) in [6, 6.07) is 10.5. The lowest BCUT2D eigenvalue weighted by Gasteiger charge is -2.06. The number of carbonyl (C=O) groups excluding carboxylic acids is 1. The molecule has 0 atom stereocenters. The number of amides is 1. The third kappa shape index (κ3) is 2.17. The van der Waals surface area contributed by atoms with E-state index in [1.165, 1.54) is 0 Å². The van der Waals surface area contributed by atoms with E-state index in [-0.39, 0.29) is 12.7 Å². The van der Waals surface area contributed by atoms with Crippen LogP contribution < -0.4 is 14.8 Å². The van der Waals surface area contributed by atoms with Gasteiger partial charge in [-0.3, -0.25) is 4.79 Å². The molecule has 1 aromatic heterocycles. The second-order valence-corrected chi connectivity index (χ2v) is 5.02. The molecule has 104 valence electrons. The third-order valence-corrected chi connectivity index (χ3v) is 3.70. The molecule has 7 heteroatoms. The van der Waals surface area contributed by atoms with E-state index in [0.29, 0.717) is 22.7 Å². The smallest absolute Gasteiger partial charge is 0.255 e. The van der Waals surface area contributed by atoms with E-state index < -0.39 is 0 Å². The number of hydrogen-bond donors (Lipinski definition) is 1. The predicted octanol–water partition coefficient (Wildman–Crippen LogP) is 2.67.